The number of thiol groups is 1. The third kappa shape index (κ3) is 12.3. The van der Waals surface area contributed by atoms with E-state index >= 15 is 0 Å². The van der Waals surface area contributed by atoms with Crippen LogP contribution in [0.25, 0.3) is 0 Å². The third-order valence-electron chi connectivity index (χ3n) is 2.28. The first kappa shape index (κ1) is 14.3. The van der Waals surface area contributed by atoms with Gasteiger partial charge in [0.25, 0.3) is 0 Å². The molecule has 0 saturated carbocycles. The summed E-state index contributed by atoms with van der Waals surface area (Å²) in [6, 6.07) is 0. The number of carbonyl (C=O) groups is 1. The number of halogens is 1. The lowest BCUT2D eigenvalue weighted by atomic mass is 10.1. The minimum atomic E-state index is -0.196. The predicted molar refractivity (Wildman–Crippen MR) is 66.3 cm³/mol. The first-order chi connectivity index (χ1) is 6.77. The topological polar surface area (TPSA) is 17.1 Å². The monoisotopic (exact) mass is 236 g/mol. The van der Waals surface area contributed by atoms with Crippen molar-refractivity contribution in [1.82, 2.24) is 0 Å². The molecule has 0 unspecified atom stereocenters. The van der Waals surface area contributed by atoms with Crippen LogP contribution in [-0.2, 0) is 4.79 Å². The summed E-state index contributed by atoms with van der Waals surface area (Å²) in [4.78, 5) is 10.4. The van der Waals surface area contributed by atoms with E-state index < -0.39 is 0 Å². The van der Waals surface area contributed by atoms with Crippen molar-refractivity contribution in [2.75, 3.05) is 5.75 Å². The lowest BCUT2D eigenvalue weighted by Crippen LogP contribution is -1.86. The van der Waals surface area contributed by atoms with Gasteiger partial charge in [-0.15, -0.1) is 0 Å². The smallest absolute Gasteiger partial charge is 0.221 e. The highest BCUT2D eigenvalue weighted by Crippen LogP contribution is 2.10. The van der Waals surface area contributed by atoms with Crippen molar-refractivity contribution in [2.24, 2.45) is 0 Å². The van der Waals surface area contributed by atoms with Crippen molar-refractivity contribution >= 4 is 29.5 Å². The Hall–Kier alpha value is 0.310. The summed E-state index contributed by atoms with van der Waals surface area (Å²) >= 11 is 9.40. The van der Waals surface area contributed by atoms with Gasteiger partial charge in [-0.3, -0.25) is 4.79 Å². The van der Waals surface area contributed by atoms with E-state index in [0.717, 1.165) is 18.6 Å². The molecular weight excluding hydrogens is 216 g/mol. The van der Waals surface area contributed by atoms with Gasteiger partial charge < -0.3 is 0 Å². The second kappa shape index (κ2) is 11.4. The Morgan fingerprint density at radius 2 is 1.29 bits per heavy atom. The summed E-state index contributed by atoms with van der Waals surface area (Å²) in [5.74, 6) is 1.01. The van der Waals surface area contributed by atoms with Crippen molar-refractivity contribution in [3.63, 3.8) is 0 Å². The largest absolute Gasteiger partial charge is 0.281 e. The number of hydrogen-bond acceptors (Lipinski definition) is 2. The lowest BCUT2D eigenvalue weighted by Gasteiger charge is -2.00. The SMILES string of the molecule is O=C(Cl)CCCCCCCCCCS. The van der Waals surface area contributed by atoms with Gasteiger partial charge in [-0.05, 0) is 30.2 Å². The molecule has 3 heteroatoms. The van der Waals surface area contributed by atoms with Crippen LogP contribution in [0.2, 0.25) is 0 Å². The quantitative estimate of drug-likeness (QED) is 0.342. The normalized spacial score (nSPS) is 10.4. The molecule has 14 heavy (non-hydrogen) atoms. The molecule has 0 aromatic rings. The van der Waals surface area contributed by atoms with E-state index in [1.165, 1.54) is 38.5 Å². The minimum absolute atomic E-state index is 0.196. The van der Waals surface area contributed by atoms with Gasteiger partial charge in [0.1, 0.15) is 0 Å². The van der Waals surface area contributed by atoms with Crippen LogP contribution in [0.3, 0.4) is 0 Å². The van der Waals surface area contributed by atoms with Gasteiger partial charge in [0.15, 0.2) is 0 Å². The molecule has 0 aliphatic heterocycles. The Bertz CT molecular complexity index is 139. The first-order valence-electron chi connectivity index (χ1n) is 5.56. The molecule has 0 radical (unpaired) electrons. The summed E-state index contributed by atoms with van der Waals surface area (Å²) in [6.45, 7) is 0. The third-order valence-corrected chi connectivity index (χ3v) is 2.79. The highest BCUT2D eigenvalue weighted by Gasteiger charge is 1.95. The van der Waals surface area contributed by atoms with E-state index in [2.05, 4.69) is 12.6 Å². The standard InChI is InChI=1S/C11H21ClOS/c12-11(13)9-7-5-3-1-2-4-6-8-10-14/h14H,1-10H2. The molecule has 0 saturated heterocycles. The van der Waals surface area contributed by atoms with Crippen LogP contribution in [-0.4, -0.2) is 11.0 Å². The predicted octanol–water partition coefficient (Wildman–Crippen LogP) is 4.19. The molecule has 0 aliphatic rings. The van der Waals surface area contributed by atoms with Gasteiger partial charge in [-0.1, -0.05) is 38.5 Å². The maximum absolute atomic E-state index is 10.4. The molecule has 84 valence electrons. The van der Waals surface area contributed by atoms with E-state index in [-0.39, 0.29) is 5.24 Å². The van der Waals surface area contributed by atoms with Crippen molar-refractivity contribution in [1.29, 1.82) is 0 Å². The molecule has 0 spiro atoms. The average molecular weight is 237 g/mol. The Balaban J connectivity index is 2.88. The van der Waals surface area contributed by atoms with Gasteiger partial charge >= 0.3 is 0 Å². The Kier molecular flexibility index (Phi) is 11.6. The van der Waals surface area contributed by atoms with Gasteiger partial charge in [-0.25, -0.2) is 0 Å². The zero-order valence-electron chi connectivity index (χ0n) is 8.80. The molecule has 0 atom stereocenters. The molecular formula is C11H21ClOS. The molecule has 0 amide bonds. The molecule has 0 N–H and O–H groups in total. The summed E-state index contributed by atoms with van der Waals surface area (Å²) in [7, 11) is 0. The molecule has 1 nitrogen and oxygen atoms in total. The van der Waals surface area contributed by atoms with E-state index in [1.54, 1.807) is 0 Å². The number of carbonyl (C=O) groups excluding carboxylic acids is 1. The fraction of sp³-hybridized carbons (Fsp3) is 0.909. The maximum atomic E-state index is 10.4. The zero-order valence-corrected chi connectivity index (χ0v) is 10.5. The van der Waals surface area contributed by atoms with E-state index in [9.17, 15) is 4.79 Å². The molecule has 0 aromatic carbocycles. The van der Waals surface area contributed by atoms with Gasteiger partial charge in [-0.2, -0.15) is 12.6 Å². The van der Waals surface area contributed by atoms with Crippen LogP contribution in [0, 0.1) is 0 Å². The Labute approximate surface area is 98.0 Å². The summed E-state index contributed by atoms with van der Waals surface area (Å²) in [5, 5.41) is -0.196. The minimum Gasteiger partial charge on any atom is -0.281 e. The van der Waals surface area contributed by atoms with Crippen LogP contribution in [0.15, 0.2) is 0 Å². The van der Waals surface area contributed by atoms with Crippen molar-refractivity contribution in [3.05, 3.63) is 0 Å². The van der Waals surface area contributed by atoms with Gasteiger partial charge in [0.2, 0.25) is 5.24 Å². The van der Waals surface area contributed by atoms with E-state index in [1.807, 2.05) is 0 Å². The fourth-order valence-electron chi connectivity index (χ4n) is 1.44. The van der Waals surface area contributed by atoms with Gasteiger partial charge in [0, 0.05) is 6.42 Å². The second-order valence-electron chi connectivity index (χ2n) is 3.66. The Morgan fingerprint density at radius 1 is 0.857 bits per heavy atom. The summed E-state index contributed by atoms with van der Waals surface area (Å²) in [6.07, 6.45) is 10.4. The van der Waals surface area contributed by atoms with Crippen LogP contribution in [0.4, 0.5) is 0 Å². The molecule has 0 fully saturated rings. The zero-order chi connectivity index (χ0) is 10.6. The highest BCUT2D eigenvalue weighted by atomic mass is 35.5. The number of hydrogen-bond donors (Lipinski definition) is 1. The Morgan fingerprint density at radius 3 is 1.71 bits per heavy atom. The fourth-order valence-corrected chi connectivity index (χ4v) is 1.79. The molecule has 0 aliphatic carbocycles. The molecule has 0 aromatic heterocycles. The number of unbranched alkanes of at least 4 members (excludes halogenated alkanes) is 7. The number of rotatable bonds is 10. The average Bonchev–Trinajstić information content (AvgIpc) is 2.15. The second-order valence-corrected chi connectivity index (χ2v) is 4.53. The lowest BCUT2D eigenvalue weighted by molar-refractivity contribution is -0.111. The van der Waals surface area contributed by atoms with E-state index in [0.29, 0.717) is 6.42 Å². The van der Waals surface area contributed by atoms with Crippen LogP contribution in [0.1, 0.15) is 57.8 Å². The summed E-state index contributed by atoms with van der Waals surface area (Å²) in [5.41, 5.74) is 0. The molecule has 0 rings (SSSR count). The van der Waals surface area contributed by atoms with Crippen molar-refractivity contribution in [2.45, 2.75) is 57.8 Å². The maximum Gasteiger partial charge on any atom is 0.221 e. The molecule has 0 heterocycles. The van der Waals surface area contributed by atoms with Crippen molar-refractivity contribution in [3.8, 4) is 0 Å². The van der Waals surface area contributed by atoms with Gasteiger partial charge in [0.05, 0.1) is 0 Å². The van der Waals surface area contributed by atoms with Crippen LogP contribution in [0.5, 0.6) is 0 Å². The highest BCUT2D eigenvalue weighted by molar-refractivity contribution is 7.80. The van der Waals surface area contributed by atoms with Crippen LogP contribution >= 0.6 is 24.2 Å². The molecule has 0 bridgehead atoms. The first-order valence-corrected chi connectivity index (χ1v) is 6.57. The van der Waals surface area contributed by atoms with Crippen LogP contribution < -0.4 is 0 Å². The van der Waals surface area contributed by atoms with Crippen molar-refractivity contribution < 1.29 is 4.79 Å². The summed E-state index contributed by atoms with van der Waals surface area (Å²) < 4.78 is 0. The van der Waals surface area contributed by atoms with E-state index in [4.69, 9.17) is 11.6 Å².